The van der Waals surface area contributed by atoms with Gasteiger partial charge in [0.2, 0.25) is 0 Å². The molecule has 0 unspecified atom stereocenters. The van der Waals surface area contributed by atoms with Crippen LogP contribution in [0.2, 0.25) is 10.0 Å². The third kappa shape index (κ3) is 4.35. The fourth-order valence-corrected chi connectivity index (χ4v) is 7.72. The summed E-state index contributed by atoms with van der Waals surface area (Å²) in [6.45, 7) is 0. The Hall–Kier alpha value is -2.45. The highest BCUT2D eigenvalue weighted by molar-refractivity contribution is 8.00. The Morgan fingerprint density at radius 1 is 1.09 bits per heavy atom. The summed E-state index contributed by atoms with van der Waals surface area (Å²) in [6, 6.07) is 16.8. The Kier molecular flexibility index (Phi) is 6.61. The molecule has 3 aromatic carbocycles. The first-order chi connectivity index (χ1) is 16.8. The molecule has 5 atom stereocenters. The monoisotopic (exact) mass is 548 g/mol. The van der Waals surface area contributed by atoms with Crippen molar-refractivity contribution in [3.8, 4) is 0 Å². The average Bonchev–Trinajstić information content (AvgIpc) is 3.14. The zero-order chi connectivity index (χ0) is 24.9. The van der Waals surface area contributed by atoms with Crippen LogP contribution in [0, 0.1) is 16.0 Å². The third-order valence-corrected chi connectivity index (χ3v) is 9.39. The van der Waals surface area contributed by atoms with Crippen LogP contribution in [0.5, 0.6) is 0 Å². The third-order valence-electron chi connectivity index (χ3n) is 6.72. The first kappa shape index (κ1) is 24.3. The highest BCUT2D eigenvalue weighted by atomic mass is 35.5. The van der Waals surface area contributed by atoms with E-state index >= 15 is 0 Å². The number of rotatable bonds is 5. The number of aromatic carboxylic acids is 1. The molecule has 0 amide bonds. The van der Waals surface area contributed by atoms with Gasteiger partial charge in [0, 0.05) is 27.3 Å². The lowest BCUT2D eigenvalue weighted by atomic mass is 9.76. The number of carboxylic acids is 1. The van der Waals surface area contributed by atoms with Crippen LogP contribution in [0.3, 0.4) is 0 Å². The lowest BCUT2D eigenvalue weighted by molar-refractivity contribution is -0.387. The van der Waals surface area contributed by atoms with E-state index in [1.807, 2.05) is 12.1 Å². The Morgan fingerprint density at radius 3 is 2.57 bits per heavy atom. The normalized spacial score (nSPS) is 24.8. The van der Waals surface area contributed by atoms with Crippen LogP contribution in [0.1, 0.15) is 39.9 Å². The smallest absolute Gasteiger partial charge is 0.337 e. The number of hydrogen-bond donors (Lipinski definition) is 2. The van der Waals surface area contributed by atoms with Crippen LogP contribution < -0.4 is 5.32 Å². The number of hydrogen-bond acceptors (Lipinski definition) is 5. The molecule has 0 radical (unpaired) electrons. The highest BCUT2D eigenvalue weighted by Gasteiger charge is 2.51. The number of nitro benzene ring substituents is 1. The quantitative estimate of drug-likeness (QED) is 0.193. The number of nitrogens with zero attached hydrogens (tertiary/aromatic N) is 1. The van der Waals surface area contributed by atoms with Crippen molar-refractivity contribution >= 4 is 63.9 Å². The number of carboxylic acid groups (broad SMARTS) is 1. The summed E-state index contributed by atoms with van der Waals surface area (Å²) in [5.41, 5.74) is 2.37. The van der Waals surface area contributed by atoms with Gasteiger partial charge in [-0.15, -0.1) is 23.4 Å². The molecule has 1 heterocycles. The zero-order valence-electron chi connectivity index (χ0n) is 18.0. The van der Waals surface area contributed by atoms with E-state index in [0.717, 1.165) is 11.1 Å². The lowest BCUT2D eigenvalue weighted by Crippen LogP contribution is -2.32. The fraction of sp³-hybridized carbons (Fsp3) is 0.240. The predicted octanol–water partition coefficient (Wildman–Crippen LogP) is 7.64. The van der Waals surface area contributed by atoms with Gasteiger partial charge in [0.1, 0.15) is 0 Å². The van der Waals surface area contributed by atoms with E-state index in [9.17, 15) is 20.0 Å². The van der Waals surface area contributed by atoms with Gasteiger partial charge in [-0.3, -0.25) is 10.1 Å². The molecule has 5 rings (SSSR count). The van der Waals surface area contributed by atoms with Crippen molar-refractivity contribution in [2.45, 2.75) is 33.9 Å². The number of anilines is 1. The number of fused-ring (bicyclic) bond motifs is 3. The minimum atomic E-state index is -1.04. The molecular weight excluding hydrogens is 531 g/mol. The van der Waals surface area contributed by atoms with Gasteiger partial charge in [-0.25, -0.2) is 4.79 Å². The average molecular weight is 550 g/mol. The van der Waals surface area contributed by atoms with E-state index in [1.165, 1.54) is 17.8 Å². The van der Waals surface area contributed by atoms with Gasteiger partial charge >= 0.3 is 5.97 Å². The number of nitrogens with one attached hydrogen (secondary N) is 1. The highest BCUT2D eigenvalue weighted by Crippen LogP contribution is 2.59. The van der Waals surface area contributed by atoms with Gasteiger partial charge in [0.25, 0.3) is 5.69 Å². The molecule has 3 aromatic rings. The predicted molar refractivity (Wildman–Crippen MR) is 139 cm³/mol. The molecule has 0 spiro atoms. The molecule has 1 aliphatic heterocycles. The molecule has 2 N–H and O–H groups in total. The van der Waals surface area contributed by atoms with E-state index in [4.69, 9.17) is 34.8 Å². The standard InChI is InChI=1S/C25H19Cl3N2O4S/c26-12-8-9-13(17(27)10-12)23-16-11-20(35-19-7-2-1-6-18(19)30(33)34)22(28)21(16)14-4-3-5-15(25(31)32)24(14)29-23/h1-10,16,20-23,29H,11H2,(H,31,32)/t16-,20+,21-,22-,23-/m1/s1. The van der Waals surface area contributed by atoms with E-state index in [2.05, 4.69) is 5.32 Å². The minimum Gasteiger partial charge on any atom is -0.478 e. The second-order valence-electron chi connectivity index (χ2n) is 8.61. The van der Waals surface area contributed by atoms with Crippen LogP contribution in [-0.2, 0) is 0 Å². The van der Waals surface area contributed by atoms with Crippen molar-refractivity contribution in [2.75, 3.05) is 5.32 Å². The first-order valence-corrected chi connectivity index (χ1v) is 12.9. The summed E-state index contributed by atoms with van der Waals surface area (Å²) >= 11 is 21.2. The number of benzene rings is 3. The Balaban J connectivity index is 1.60. The first-order valence-electron chi connectivity index (χ1n) is 10.9. The molecule has 2 aliphatic rings. The lowest BCUT2D eigenvalue weighted by Gasteiger charge is -2.39. The maximum absolute atomic E-state index is 12.0. The van der Waals surface area contributed by atoms with Crippen molar-refractivity contribution in [1.29, 1.82) is 0 Å². The summed E-state index contributed by atoms with van der Waals surface area (Å²) in [5.74, 6) is -1.24. The summed E-state index contributed by atoms with van der Waals surface area (Å²) in [4.78, 5) is 23.8. The maximum Gasteiger partial charge on any atom is 0.337 e. The number of alkyl halides is 1. The molecule has 10 heteroatoms. The Bertz CT molecular complexity index is 1340. The van der Waals surface area contributed by atoms with Crippen LogP contribution in [0.25, 0.3) is 0 Å². The maximum atomic E-state index is 12.0. The molecule has 0 aromatic heterocycles. The van der Waals surface area contributed by atoms with Gasteiger partial charge in [0.15, 0.2) is 0 Å². The molecule has 1 aliphatic carbocycles. The summed E-state index contributed by atoms with van der Waals surface area (Å²) < 4.78 is 0. The number of halogens is 3. The van der Waals surface area contributed by atoms with Crippen molar-refractivity contribution in [1.82, 2.24) is 0 Å². The van der Waals surface area contributed by atoms with Gasteiger partial charge in [-0.05, 0) is 47.7 Å². The zero-order valence-corrected chi connectivity index (χ0v) is 21.1. The molecular formula is C25H19Cl3N2O4S. The summed E-state index contributed by atoms with van der Waals surface area (Å²) in [7, 11) is 0. The van der Waals surface area contributed by atoms with E-state index < -0.39 is 5.97 Å². The largest absolute Gasteiger partial charge is 0.478 e. The molecule has 0 saturated heterocycles. The van der Waals surface area contributed by atoms with E-state index in [1.54, 1.807) is 42.5 Å². The molecule has 1 saturated carbocycles. The molecule has 6 nitrogen and oxygen atoms in total. The van der Waals surface area contributed by atoms with Crippen LogP contribution in [-0.4, -0.2) is 26.6 Å². The van der Waals surface area contributed by atoms with E-state index in [0.29, 0.717) is 27.0 Å². The van der Waals surface area contributed by atoms with Crippen LogP contribution in [0.15, 0.2) is 65.6 Å². The topological polar surface area (TPSA) is 92.5 Å². The number of thioether (sulfide) groups is 1. The Labute approximate surface area is 220 Å². The fourth-order valence-electron chi connectivity index (χ4n) is 5.25. The van der Waals surface area contributed by atoms with E-state index in [-0.39, 0.29) is 44.7 Å². The second-order valence-corrected chi connectivity index (χ2v) is 11.2. The van der Waals surface area contributed by atoms with Crippen molar-refractivity contribution in [3.63, 3.8) is 0 Å². The summed E-state index contributed by atoms with van der Waals surface area (Å²) in [6.07, 6.45) is 0.656. The number of nitro groups is 1. The van der Waals surface area contributed by atoms with Crippen molar-refractivity contribution in [3.05, 3.63) is 97.5 Å². The summed E-state index contributed by atoms with van der Waals surface area (Å²) in [5, 5.41) is 25.3. The van der Waals surface area contributed by atoms with Crippen molar-refractivity contribution in [2.24, 2.45) is 5.92 Å². The van der Waals surface area contributed by atoms with Crippen LogP contribution >= 0.6 is 46.6 Å². The Morgan fingerprint density at radius 2 is 1.86 bits per heavy atom. The molecule has 35 heavy (non-hydrogen) atoms. The number of carbonyl (C=O) groups is 1. The molecule has 1 fully saturated rings. The molecule has 0 bridgehead atoms. The van der Waals surface area contributed by atoms with Gasteiger partial charge in [-0.2, -0.15) is 0 Å². The SMILES string of the molecule is O=C(O)c1cccc2c1N[C@H](c1ccc(Cl)cc1Cl)[C@@H]1C[C@H](Sc3ccccc3[N+](=O)[O-])[C@@H](Cl)[C@H]21. The van der Waals surface area contributed by atoms with Crippen molar-refractivity contribution < 1.29 is 14.8 Å². The minimum absolute atomic E-state index is 0.0204. The second kappa shape index (κ2) is 9.54. The van der Waals surface area contributed by atoms with Crippen LogP contribution in [0.4, 0.5) is 11.4 Å². The number of para-hydroxylation sites is 2. The van der Waals surface area contributed by atoms with Gasteiger partial charge in [-0.1, -0.05) is 53.5 Å². The molecule has 180 valence electrons. The van der Waals surface area contributed by atoms with Gasteiger partial charge in [0.05, 0.1) is 32.5 Å². The van der Waals surface area contributed by atoms with Gasteiger partial charge < -0.3 is 10.4 Å².